The highest BCUT2D eigenvalue weighted by Gasteiger charge is 2.24. The molecule has 0 aromatic heterocycles. The smallest absolute Gasteiger partial charge is 0.268 e. The summed E-state index contributed by atoms with van der Waals surface area (Å²) >= 11 is 6.14. The Labute approximate surface area is 122 Å². The SMILES string of the molecule is COc1ccc(C2=COC(c3ccccc3Cl)O2)cc1. The van der Waals surface area contributed by atoms with Crippen LogP contribution in [0.2, 0.25) is 5.02 Å². The van der Waals surface area contributed by atoms with E-state index < -0.39 is 6.29 Å². The lowest BCUT2D eigenvalue weighted by Crippen LogP contribution is -1.99. The first kappa shape index (κ1) is 12.9. The van der Waals surface area contributed by atoms with Gasteiger partial charge in [-0.2, -0.15) is 0 Å². The first-order valence-electron chi connectivity index (χ1n) is 6.19. The molecule has 0 radical (unpaired) electrons. The first-order chi connectivity index (χ1) is 9.78. The van der Waals surface area contributed by atoms with Gasteiger partial charge in [-0.1, -0.05) is 29.8 Å². The van der Waals surface area contributed by atoms with E-state index in [2.05, 4.69) is 0 Å². The van der Waals surface area contributed by atoms with Crippen LogP contribution in [0.4, 0.5) is 0 Å². The molecule has 0 amide bonds. The summed E-state index contributed by atoms with van der Waals surface area (Å²) in [5.74, 6) is 1.48. The molecule has 0 saturated heterocycles. The number of rotatable bonds is 3. The molecule has 3 rings (SSSR count). The maximum absolute atomic E-state index is 6.14. The van der Waals surface area contributed by atoms with Crippen molar-refractivity contribution >= 4 is 17.4 Å². The average Bonchev–Trinajstić information content (AvgIpc) is 2.97. The second-order valence-electron chi connectivity index (χ2n) is 4.32. The van der Waals surface area contributed by atoms with Gasteiger partial charge in [0.2, 0.25) is 0 Å². The molecule has 3 nitrogen and oxygen atoms in total. The van der Waals surface area contributed by atoms with E-state index in [1.54, 1.807) is 13.4 Å². The van der Waals surface area contributed by atoms with Crippen molar-refractivity contribution in [3.63, 3.8) is 0 Å². The molecule has 1 unspecified atom stereocenters. The Kier molecular flexibility index (Phi) is 3.52. The average molecular weight is 289 g/mol. The fourth-order valence-electron chi connectivity index (χ4n) is 1.99. The molecule has 2 aromatic rings. The Hall–Kier alpha value is -2.13. The largest absolute Gasteiger partial charge is 0.497 e. The molecule has 1 aliphatic rings. The van der Waals surface area contributed by atoms with Crippen molar-refractivity contribution in [3.05, 3.63) is 70.9 Å². The zero-order valence-corrected chi connectivity index (χ0v) is 11.6. The van der Waals surface area contributed by atoms with E-state index in [0.717, 1.165) is 16.9 Å². The molecule has 102 valence electrons. The van der Waals surface area contributed by atoms with E-state index in [9.17, 15) is 0 Å². The molecule has 0 N–H and O–H groups in total. The predicted molar refractivity (Wildman–Crippen MR) is 77.3 cm³/mol. The fourth-order valence-corrected chi connectivity index (χ4v) is 2.21. The number of hydrogen-bond donors (Lipinski definition) is 0. The summed E-state index contributed by atoms with van der Waals surface area (Å²) in [7, 11) is 1.64. The number of methoxy groups -OCH3 is 1. The molecule has 4 heteroatoms. The van der Waals surface area contributed by atoms with Crippen LogP contribution in [-0.2, 0) is 9.47 Å². The lowest BCUT2D eigenvalue weighted by Gasteiger charge is -2.13. The van der Waals surface area contributed by atoms with Gasteiger partial charge in [-0.25, -0.2) is 0 Å². The lowest BCUT2D eigenvalue weighted by molar-refractivity contribution is -0.0169. The van der Waals surface area contributed by atoms with Gasteiger partial charge in [-0.15, -0.1) is 0 Å². The maximum Gasteiger partial charge on any atom is 0.268 e. The van der Waals surface area contributed by atoms with Crippen LogP contribution in [0.1, 0.15) is 17.4 Å². The highest BCUT2D eigenvalue weighted by molar-refractivity contribution is 6.31. The monoisotopic (exact) mass is 288 g/mol. The third-order valence-electron chi connectivity index (χ3n) is 3.07. The van der Waals surface area contributed by atoms with Crippen LogP contribution in [0, 0.1) is 0 Å². The third-order valence-corrected chi connectivity index (χ3v) is 3.41. The van der Waals surface area contributed by atoms with Gasteiger partial charge in [0.25, 0.3) is 6.29 Å². The Morgan fingerprint density at radius 2 is 1.80 bits per heavy atom. The molecular weight excluding hydrogens is 276 g/mol. The molecule has 0 bridgehead atoms. The Morgan fingerprint density at radius 3 is 2.50 bits per heavy atom. The van der Waals surface area contributed by atoms with Crippen molar-refractivity contribution < 1.29 is 14.2 Å². The molecule has 0 aliphatic carbocycles. The number of benzene rings is 2. The molecule has 1 heterocycles. The number of ether oxygens (including phenoxy) is 3. The van der Waals surface area contributed by atoms with E-state index in [1.807, 2.05) is 48.5 Å². The van der Waals surface area contributed by atoms with Crippen molar-refractivity contribution in [1.82, 2.24) is 0 Å². The van der Waals surface area contributed by atoms with Crippen LogP contribution >= 0.6 is 11.6 Å². The topological polar surface area (TPSA) is 27.7 Å². The van der Waals surface area contributed by atoms with Crippen molar-refractivity contribution in [3.8, 4) is 5.75 Å². The van der Waals surface area contributed by atoms with Crippen LogP contribution in [-0.4, -0.2) is 7.11 Å². The molecule has 0 fully saturated rings. The van der Waals surface area contributed by atoms with Gasteiger partial charge < -0.3 is 14.2 Å². The predicted octanol–water partition coefficient (Wildman–Crippen LogP) is 4.39. The quantitative estimate of drug-likeness (QED) is 0.838. The normalized spacial score (nSPS) is 17.1. The van der Waals surface area contributed by atoms with Crippen molar-refractivity contribution in [2.45, 2.75) is 6.29 Å². The van der Waals surface area contributed by atoms with Crippen LogP contribution < -0.4 is 4.74 Å². The first-order valence-corrected chi connectivity index (χ1v) is 6.57. The minimum absolute atomic E-state index is 0.499. The van der Waals surface area contributed by atoms with E-state index in [1.165, 1.54) is 0 Å². The number of halogens is 1. The van der Waals surface area contributed by atoms with Crippen LogP contribution in [0.15, 0.2) is 54.8 Å². The van der Waals surface area contributed by atoms with Crippen molar-refractivity contribution in [2.24, 2.45) is 0 Å². The van der Waals surface area contributed by atoms with Gasteiger partial charge >= 0.3 is 0 Å². The molecule has 0 saturated carbocycles. The molecule has 1 aliphatic heterocycles. The van der Waals surface area contributed by atoms with E-state index in [4.69, 9.17) is 25.8 Å². The van der Waals surface area contributed by atoms with Crippen LogP contribution in [0.25, 0.3) is 5.76 Å². The summed E-state index contributed by atoms with van der Waals surface area (Å²) in [6.07, 6.45) is 1.11. The van der Waals surface area contributed by atoms with Gasteiger partial charge in [0.1, 0.15) is 12.0 Å². The minimum atomic E-state index is -0.499. The van der Waals surface area contributed by atoms with E-state index in [-0.39, 0.29) is 0 Å². The van der Waals surface area contributed by atoms with Crippen molar-refractivity contribution in [2.75, 3.05) is 7.11 Å². The lowest BCUT2D eigenvalue weighted by atomic mass is 10.2. The number of hydrogen-bond acceptors (Lipinski definition) is 3. The van der Waals surface area contributed by atoms with Gasteiger partial charge in [-0.05, 0) is 30.3 Å². The van der Waals surface area contributed by atoms with E-state index >= 15 is 0 Å². The second-order valence-corrected chi connectivity index (χ2v) is 4.73. The highest BCUT2D eigenvalue weighted by atomic mass is 35.5. The Balaban J connectivity index is 1.77. The van der Waals surface area contributed by atoms with Crippen LogP contribution in [0.5, 0.6) is 5.75 Å². The second kappa shape index (κ2) is 5.47. The maximum atomic E-state index is 6.14. The highest BCUT2D eigenvalue weighted by Crippen LogP contribution is 2.36. The summed E-state index contributed by atoms with van der Waals surface area (Å²) in [6, 6.07) is 15.1. The van der Waals surface area contributed by atoms with Gasteiger partial charge in [-0.3, -0.25) is 0 Å². The summed E-state index contributed by atoms with van der Waals surface area (Å²) in [5, 5.41) is 0.627. The summed E-state index contributed by atoms with van der Waals surface area (Å²) < 4.78 is 16.5. The summed E-state index contributed by atoms with van der Waals surface area (Å²) in [4.78, 5) is 0. The van der Waals surface area contributed by atoms with Gasteiger partial charge in [0.15, 0.2) is 5.76 Å². The summed E-state index contributed by atoms with van der Waals surface area (Å²) in [5.41, 5.74) is 1.74. The molecule has 20 heavy (non-hydrogen) atoms. The van der Waals surface area contributed by atoms with E-state index in [0.29, 0.717) is 10.8 Å². The zero-order valence-electron chi connectivity index (χ0n) is 10.9. The Bertz CT molecular complexity index is 634. The van der Waals surface area contributed by atoms with Gasteiger partial charge in [0.05, 0.1) is 17.7 Å². The zero-order chi connectivity index (χ0) is 13.9. The molecule has 1 atom stereocenters. The molecule has 2 aromatic carbocycles. The van der Waals surface area contributed by atoms with Gasteiger partial charge in [0, 0.05) is 5.56 Å². The van der Waals surface area contributed by atoms with Crippen LogP contribution in [0.3, 0.4) is 0 Å². The minimum Gasteiger partial charge on any atom is -0.497 e. The standard InChI is InChI=1S/C16H13ClO3/c1-18-12-8-6-11(7-9-12)15-10-19-16(20-15)13-4-2-3-5-14(13)17/h2-10,16H,1H3. The summed E-state index contributed by atoms with van der Waals surface area (Å²) in [6.45, 7) is 0. The van der Waals surface area contributed by atoms with Crippen molar-refractivity contribution in [1.29, 1.82) is 0 Å². The molecular formula is C16H13ClO3. The third kappa shape index (κ3) is 2.45. The molecule has 0 spiro atoms. The Morgan fingerprint density at radius 1 is 1.05 bits per heavy atom. The fraction of sp³-hybridized carbons (Fsp3) is 0.125.